The fourth-order valence-corrected chi connectivity index (χ4v) is 6.41. The molecule has 0 amide bonds. The summed E-state index contributed by atoms with van der Waals surface area (Å²) in [4.78, 5) is 0. The second-order valence-corrected chi connectivity index (χ2v) is 11.1. The van der Waals surface area contributed by atoms with E-state index in [2.05, 4.69) is 19.1 Å². The SMILES string of the molecule is CCCC=CCCCCC1CCC(C2CCC(CCc3cc(F)c(C(F)(F)F)c(F)c3)CC2)CC1. The normalized spacial score (nSPS) is 25.9. The fourth-order valence-electron chi connectivity index (χ4n) is 6.41. The number of halogens is 5. The Morgan fingerprint density at radius 2 is 1.26 bits per heavy atom. The van der Waals surface area contributed by atoms with Crippen LogP contribution in [0.3, 0.4) is 0 Å². The van der Waals surface area contributed by atoms with Crippen LogP contribution in [0.15, 0.2) is 24.3 Å². The van der Waals surface area contributed by atoms with Gasteiger partial charge in [0.05, 0.1) is 0 Å². The van der Waals surface area contributed by atoms with Crippen LogP contribution in [0.25, 0.3) is 0 Å². The van der Waals surface area contributed by atoms with Crippen molar-refractivity contribution in [2.45, 2.75) is 116 Å². The molecule has 3 rings (SSSR count). The Bertz CT molecular complexity index is 757. The highest BCUT2D eigenvalue weighted by Crippen LogP contribution is 2.43. The molecule has 0 atom stereocenters. The molecule has 0 aromatic heterocycles. The van der Waals surface area contributed by atoms with E-state index in [4.69, 9.17) is 0 Å². The third kappa shape index (κ3) is 8.89. The van der Waals surface area contributed by atoms with Gasteiger partial charge in [-0.05, 0) is 99.2 Å². The molecule has 5 heteroatoms. The Morgan fingerprint density at radius 3 is 1.77 bits per heavy atom. The van der Waals surface area contributed by atoms with E-state index in [0.717, 1.165) is 49.1 Å². The minimum atomic E-state index is -5.00. The lowest BCUT2D eigenvalue weighted by Gasteiger charge is -2.38. The van der Waals surface area contributed by atoms with Gasteiger partial charge >= 0.3 is 6.18 Å². The number of aryl methyl sites for hydroxylation is 1. The lowest BCUT2D eigenvalue weighted by Crippen LogP contribution is -2.26. The summed E-state index contributed by atoms with van der Waals surface area (Å²) < 4.78 is 66.0. The summed E-state index contributed by atoms with van der Waals surface area (Å²) >= 11 is 0. The zero-order chi connectivity index (χ0) is 25.3. The number of alkyl halides is 3. The molecule has 2 fully saturated rings. The van der Waals surface area contributed by atoms with Gasteiger partial charge in [0.1, 0.15) is 17.2 Å². The molecular formula is C30H43F5. The third-order valence-corrected chi connectivity index (χ3v) is 8.53. The topological polar surface area (TPSA) is 0 Å². The highest BCUT2D eigenvalue weighted by Gasteiger charge is 2.38. The lowest BCUT2D eigenvalue weighted by molar-refractivity contribution is -0.142. The standard InChI is InChI=1S/C30H43F5/c1-2-3-4-5-6-7-8-9-22-12-16-25(17-13-22)26-18-14-23(15-19-26)10-11-24-20-27(31)29(28(32)21-24)30(33,34)35/h4-5,20-23,25-26H,2-3,6-19H2,1H3. The van der Waals surface area contributed by atoms with Gasteiger partial charge in [0.15, 0.2) is 0 Å². The molecule has 0 saturated heterocycles. The van der Waals surface area contributed by atoms with Gasteiger partial charge in [-0.15, -0.1) is 0 Å². The van der Waals surface area contributed by atoms with Crippen molar-refractivity contribution < 1.29 is 22.0 Å². The van der Waals surface area contributed by atoms with E-state index in [0.29, 0.717) is 17.9 Å². The van der Waals surface area contributed by atoms with E-state index in [-0.39, 0.29) is 0 Å². The Balaban J connectivity index is 1.32. The fraction of sp³-hybridized carbons (Fsp3) is 0.733. The van der Waals surface area contributed by atoms with Crippen LogP contribution in [0, 0.1) is 35.3 Å². The molecule has 2 aliphatic carbocycles. The molecule has 0 radical (unpaired) electrons. The highest BCUT2D eigenvalue weighted by molar-refractivity contribution is 5.28. The Morgan fingerprint density at radius 1 is 0.743 bits per heavy atom. The van der Waals surface area contributed by atoms with Crippen LogP contribution in [-0.2, 0) is 12.6 Å². The summed E-state index contributed by atoms with van der Waals surface area (Å²) in [7, 11) is 0. The zero-order valence-corrected chi connectivity index (χ0v) is 21.3. The number of hydrogen-bond acceptors (Lipinski definition) is 0. The van der Waals surface area contributed by atoms with E-state index >= 15 is 0 Å². The predicted octanol–water partition coefficient (Wildman–Crippen LogP) is 10.4. The lowest BCUT2D eigenvalue weighted by atomic mass is 9.68. The third-order valence-electron chi connectivity index (χ3n) is 8.53. The van der Waals surface area contributed by atoms with E-state index in [1.54, 1.807) is 0 Å². The smallest absolute Gasteiger partial charge is 0.206 e. The number of unbranched alkanes of at least 4 members (excludes halogenated alkanes) is 3. The van der Waals surface area contributed by atoms with Crippen LogP contribution in [0.4, 0.5) is 22.0 Å². The van der Waals surface area contributed by atoms with Crippen LogP contribution >= 0.6 is 0 Å². The average molecular weight is 499 g/mol. The zero-order valence-electron chi connectivity index (χ0n) is 21.3. The maximum absolute atomic E-state index is 13.8. The first-order valence-corrected chi connectivity index (χ1v) is 14.0. The van der Waals surface area contributed by atoms with E-state index in [1.165, 1.54) is 77.0 Å². The van der Waals surface area contributed by atoms with Crippen LogP contribution in [0.5, 0.6) is 0 Å². The average Bonchev–Trinajstić information content (AvgIpc) is 2.82. The highest BCUT2D eigenvalue weighted by atomic mass is 19.4. The van der Waals surface area contributed by atoms with E-state index in [1.807, 2.05) is 0 Å². The summed E-state index contributed by atoms with van der Waals surface area (Å²) in [5.74, 6) is 0.0551. The molecule has 0 spiro atoms. The van der Waals surface area contributed by atoms with Crippen LogP contribution in [0.1, 0.15) is 114 Å². The molecular weight excluding hydrogens is 455 g/mol. The van der Waals surface area contributed by atoms with Gasteiger partial charge in [0.2, 0.25) is 0 Å². The first kappa shape index (κ1) is 28.2. The van der Waals surface area contributed by atoms with Crippen LogP contribution in [0.2, 0.25) is 0 Å². The molecule has 35 heavy (non-hydrogen) atoms. The molecule has 198 valence electrons. The van der Waals surface area contributed by atoms with Crippen molar-refractivity contribution in [2.75, 3.05) is 0 Å². The van der Waals surface area contributed by atoms with Crippen LogP contribution < -0.4 is 0 Å². The molecule has 0 bridgehead atoms. The molecule has 2 saturated carbocycles. The minimum Gasteiger partial charge on any atom is -0.206 e. The summed E-state index contributed by atoms with van der Waals surface area (Å²) in [6, 6.07) is 1.72. The number of hydrogen-bond donors (Lipinski definition) is 0. The van der Waals surface area contributed by atoms with Gasteiger partial charge in [-0.2, -0.15) is 13.2 Å². The largest absolute Gasteiger partial charge is 0.422 e. The molecule has 0 unspecified atom stereocenters. The van der Waals surface area contributed by atoms with Gasteiger partial charge in [-0.25, -0.2) is 8.78 Å². The van der Waals surface area contributed by atoms with Crippen molar-refractivity contribution in [3.63, 3.8) is 0 Å². The summed E-state index contributed by atoms with van der Waals surface area (Å²) in [6.07, 6.45) is 18.7. The molecule has 0 N–H and O–H groups in total. The van der Waals surface area contributed by atoms with Gasteiger partial charge in [0, 0.05) is 0 Å². The van der Waals surface area contributed by atoms with Gasteiger partial charge in [-0.1, -0.05) is 64.0 Å². The maximum atomic E-state index is 13.8. The monoisotopic (exact) mass is 498 g/mol. The second-order valence-electron chi connectivity index (χ2n) is 11.1. The number of benzene rings is 1. The molecule has 1 aromatic carbocycles. The minimum absolute atomic E-state index is 0.324. The molecule has 1 aromatic rings. The van der Waals surface area contributed by atoms with Gasteiger partial charge in [-0.3, -0.25) is 0 Å². The van der Waals surface area contributed by atoms with Crippen molar-refractivity contribution >= 4 is 0 Å². The number of allylic oxidation sites excluding steroid dienone is 2. The Hall–Kier alpha value is -1.39. The van der Waals surface area contributed by atoms with Gasteiger partial charge < -0.3 is 0 Å². The predicted molar refractivity (Wildman–Crippen MR) is 133 cm³/mol. The van der Waals surface area contributed by atoms with Gasteiger partial charge in [0.25, 0.3) is 0 Å². The molecule has 0 aliphatic heterocycles. The van der Waals surface area contributed by atoms with Crippen molar-refractivity contribution in [3.8, 4) is 0 Å². The first-order chi connectivity index (χ1) is 16.8. The van der Waals surface area contributed by atoms with E-state index < -0.39 is 23.4 Å². The molecule has 2 aliphatic rings. The van der Waals surface area contributed by atoms with Crippen molar-refractivity contribution in [1.29, 1.82) is 0 Å². The van der Waals surface area contributed by atoms with Crippen molar-refractivity contribution in [1.82, 2.24) is 0 Å². The second kappa shape index (κ2) is 13.8. The van der Waals surface area contributed by atoms with Crippen molar-refractivity contribution in [2.24, 2.45) is 23.7 Å². The Kier molecular flexibility index (Phi) is 11.1. The molecule has 0 heterocycles. The van der Waals surface area contributed by atoms with Crippen molar-refractivity contribution in [3.05, 3.63) is 47.0 Å². The molecule has 0 nitrogen and oxygen atoms in total. The quantitative estimate of drug-likeness (QED) is 0.162. The first-order valence-electron chi connectivity index (χ1n) is 14.0. The van der Waals surface area contributed by atoms with E-state index in [9.17, 15) is 22.0 Å². The Labute approximate surface area is 208 Å². The number of rotatable bonds is 11. The maximum Gasteiger partial charge on any atom is 0.422 e. The summed E-state index contributed by atoms with van der Waals surface area (Å²) in [6.45, 7) is 2.21. The summed E-state index contributed by atoms with van der Waals surface area (Å²) in [5.41, 5.74) is -1.46. The van der Waals surface area contributed by atoms with Crippen LogP contribution in [-0.4, -0.2) is 0 Å². The summed E-state index contributed by atoms with van der Waals surface area (Å²) in [5, 5.41) is 0.